The SMILES string of the molecule is CCCOc1cc(Cl)ccc1-c1cc(-c2ccc3ccc(OC(F)(F)F)cc3c2)n([C@@H](C)c2ccc(C(=O)NCCC(=O)O)cc2)n1. The lowest BCUT2D eigenvalue weighted by Crippen LogP contribution is -2.26. The van der Waals surface area contributed by atoms with Crippen LogP contribution in [0.1, 0.15) is 48.7 Å². The molecular weight excluding hydrogens is 635 g/mol. The number of alkyl halides is 3. The van der Waals surface area contributed by atoms with Crippen LogP contribution in [0.25, 0.3) is 33.3 Å². The fourth-order valence-electron chi connectivity index (χ4n) is 5.10. The summed E-state index contributed by atoms with van der Waals surface area (Å²) in [4.78, 5) is 23.3. The van der Waals surface area contributed by atoms with Gasteiger partial charge in [-0.2, -0.15) is 5.10 Å². The van der Waals surface area contributed by atoms with Crippen LogP contribution in [-0.4, -0.2) is 46.3 Å². The van der Waals surface area contributed by atoms with Crippen molar-refractivity contribution in [2.24, 2.45) is 0 Å². The van der Waals surface area contributed by atoms with E-state index < -0.39 is 12.3 Å². The molecule has 1 amide bonds. The maximum absolute atomic E-state index is 12.9. The highest BCUT2D eigenvalue weighted by molar-refractivity contribution is 6.30. The Labute approximate surface area is 273 Å². The highest BCUT2D eigenvalue weighted by atomic mass is 35.5. The van der Waals surface area contributed by atoms with Gasteiger partial charge in [0, 0.05) is 28.3 Å². The molecule has 0 fully saturated rings. The number of carbonyl (C=O) groups excluding carboxylic acids is 1. The zero-order valence-electron chi connectivity index (χ0n) is 25.5. The molecule has 5 aromatic rings. The van der Waals surface area contributed by atoms with Gasteiger partial charge in [-0.15, -0.1) is 13.2 Å². The Morgan fingerprint density at radius 1 is 0.979 bits per heavy atom. The summed E-state index contributed by atoms with van der Waals surface area (Å²) < 4.78 is 50.8. The first-order valence-corrected chi connectivity index (χ1v) is 15.2. The zero-order valence-corrected chi connectivity index (χ0v) is 26.2. The largest absolute Gasteiger partial charge is 0.573 e. The number of aliphatic carboxylic acids is 1. The average molecular weight is 666 g/mol. The predicted octanol–water partition coefficient (Wildman–Crippen LogP) is 8.52. The molecule has 4 aromatic carbocycles. The third-order valence-electron chi connectivity index (χ3n) is 7.40. The minimum Gasteiger partial charge on any atom is -0.493 e. The number of benzene rings is 4. The van der Waals surface area contributed by atoms with Gasteiger partial charge >= 0.3 is 12.3 Å². The molecule has 0 saturated carbocycles. The van der Waals surface area contributed by atoms with Gasteiger partial charge in [0.05, 0.1) is 30.5 Å². The molecule has 8 nitrogen and oxygen atoms in total. The molecule has 0 saturated heterocycles. The first-order valence-electron chi connectivity index (χ1n) is 14.8. The second-order valence-corrected chi connectivity index (χ2v) is 11.3. The highest BCUT2D eigenvalue weighted by Crippen LogP contribution is 2.37. The highest BCUT2D eigenvalue weighted by Gasteiger charge is 2.31. The average Bonchev–Trinajstić information content (AvgIpc) is 3.47. The van der Waals surface area contributed by atoms with Crippen LogP contribution in [0.3, 0.4) is 0 Å². The fourth-order valence-corrected chi connectivity index (χ4v) is 5.26. The fraction of sp³-hybridized carbons (Fsp3) is 0.229. The number of rotatable bonds is 12. The summed E-state index contributed by atoms with van der Waals surface area (Å²) in [5.74, 6) is -1.16. The van der Waals surface area contributed by atoms with Gasteiger partial charge in [-0.3, -0.25) is 14.3 Å². The van der Waals surface area contributed by atoms with E-state index >= 15 is 0 Å². The number of hydrogen-bond donors (Lipinski definition) is 2. The quantitative estimate of drug-likeness (QED) is 0.139. The third kappa shape index (κ3) is 8.23. The van der Waals surface area contributed by atoms with E-state index in [-0.39, 0.29) is 30.7 Å². The number of ether oxygens (including phenoxy) is 2. The lowest BCUT2D eigenvalue weighted by Gasteiger charge is -2.17. The molecule has 12 heteroatoms. The molecule has 0 aliphatic rings. The van der Waals surface area contributed by atoms with Crippen molar-refractivity contribution < 1.29 is 37.3 Å². The monoisotopic (exact) mass is 665 g/mol. The van der Waals surface area contributed by atoms with Crippen molar-refractivity contribution >= 4 is 34.2 Å². The Balaban J connectivity index is 1.56. The minimum absolute atomic E-state index is 0.00990. The number of aromatic nitrogens is 2. The number of nitrogens with one attached hydrogen (secondary N) is 1. The van der Waals surface area contributed by atoms with Crippen molar-refractivity contribution in [3.05, 3.63) is 101 Å². The molecule has 0 radical (unpaired) electrons. The molecule has 0 aliphatic carbocycles. The maximum atomic E-state index is 12.9. The normalized spacial score (nSPS) is 12.1. The molecule has 244 valence electrons. The smallest absolute Gasteiger partial charge is 0.493 e. The van der Waals surface area contributed by atoms with Gasteiger partial charge in [0.15, 0.2) is 0 Å². The van der Waals surface area contributed by atoms with Crippen molar-refractivity contribution in [3.63, 3.8) is 0 Å². The van der Waals surface area contributed by atoms with E-state index in [1.807, 2.05) is 42.8 Å². The first-order chi connectivity index (χ1) is 22.4. The van der Waals surface area contributed by atoms with Gasteiger partial charge in [0.2, 0.25) is 0 Å². The molecule has 0 aliphatic heterocycles. The first kappa shape index (κ1) is 33.3. The van der Waals surface area contributed by atoms with Crippen molar-refractivity contribution in [1.82, 2.24) is 15.1 Å². The number of fused-ring (bicyclic) bond motifs is 1. The standard InChI is InChI=1S/C35H31ClF3N3O5/c1-3-16-46-32-19-27(36)11-13-29(32)30-20-31(25-9-6-23-10-12-28(18-26(23)17-25)47-35(37,38)39)42(41-30)21(2)22-4-7-24(8-5-22)34(45)40-15-14-33(43)44/h4-13,17-21H,3,14-16H2,1-2H3,(H,40,45)(H,43,44)/t21-/m0/s1. The predicted molar refractivity (Wildman–Crippen MR) is 173 cm³/mol. The number of carboxylic acid groups (broad SMARTS) is 1. The van der Waals surface area contributed by atoms with Crippen LogP contribution in [0.15, 0.2) is 84.9 Å². The van der Waals surface area contributed by atoms with E-state index in [0.717, 1.165) is 17.4 Å². The molecule has 1 heterocycles. The van der Waals surface area contributed by atoms with Crippen LogP contribution in [0.4, 0.5) is 13.2 Å². The number of carbonyl (C=O) groups is 2. The van der Waals surface area contributed by atoms with Crippen LogP contribution in [0, 0.1) is 0 Å². The van der Waals surface area contributed by atoms with Gasteiger partial charge in [0.1, 0.15) is 11.5 Å². The van der Waals surface area contributed by atoms with Gasteiger partial charge in [-0.05, 0) is 84.3 Å². The van der Waals surface area contributed by atoms with Crippen molar-refractivity contribution in [2.75, 3.05) is 13.2 Å². The van der Waals surface area contributed by atoms with Gasteiger partial charge in [-0.1, -0.05) is 48.9 Å². The lowest BCUT2D eigenvalue weighted by atomic mass is 10.0. The second-order valence-electron chi connectivity index (χ2n) is 10.8. The van der Waals surface area contributed by atoms with Crippen molar-refractivity contribution in [3.8, 4) is 34.0 Å². The Hall–Kier alpha value is -5.03. The molecule has 1 atom stereocenters. The molecule has 5 rings (SSSR count). The van der Waals surface area contributed by atoms with Gasteiger partial charge in [-0.25, -0.2) is 0 Å². The summed E-state index contributed by atoms with van der Waals surface area (Å²) in [6.45, 7) is 4.42. The summed E-state index contributed by atoms with van der Waals surface area (Å²) in [5.41, 5.74) is 3.89. The van der Waals surface area contributed by atoms with E-state index in [1.165, 1.54) is 12.1 Å². The van der Waals surface area contributed by atoms with Gasteiger partial charge < -0.3 is 19.9 Å². The molecule has 0 bridgehead atoms. The summed E-state index contributed by atoms with van der Waals surface area (Å²) in [6, 6.07) is 23.4. The van der Waals surface area contributed by atoms with Crippen LogP contribution >= 0.6 is 11.6 Å². The molecular formula is C35H31ClF3N3O5. The summed E-state index contributed by atoms with van der Waals surface area (Å²) >= 11 is 6.29. The molecule has 0 spiro atoms. The Kier molecular flexibility index (Phi) is 10.0. The van der Waals surface area contributed by atoms with Crippen molar-refractivity contribution in [2.45, 2.75) is 39.1 Å². The second kappa shape index (κ2) is 14.2. The molecule has 1 aromatic heterocycles. The topological polar surface area (TPSA) is 103 Å². The summed E-state index contributed by atoms with van der Waals surface area (Å²) in [6.07, 6.45) is -4.22. The Bertz CT molecular complexity index is 1910. The van der Waals surface area contributed by atoms with Crippen LogP contribution in [-0.2, 0) is 4.79 Å². The van der Waals surface area contributed by atoms with Crippen LogP contribution in [0.5, 0.6) is 11.5 Å². The summed E-state index contributed by atoms with van der Waals surface area (Å²) in [7, 11) is 0. The van der Waals surface area contributed by atoms with E-state index in [1.54, 1.807) is 48.5 Å². The summed E-state index contributed by atoms with van der Waals surface area (Å²) in [5, 5.41) is 18.2. The zero-order chi connectivity index (χ0) is 33.7. The molecule has 2 N–H and O–H groups in total. The Morgan fingerprint density at radius 3 is 2.43 bits per heavy atom. The van der Waals surface area contributed by atoms with Crippen molar-refractivity contribution in [1.29, 1.82) is 0 Å². The number of amides is 1. The number of hydrogen-bond acceptors (Lipinski definition) is 5. The number of halogens is 4. The minimum atomic E-state index is -4.82. The number of nitrogens with zero attached hydrogens (tertiary/aromatic N) is 2. The van der Waals surface area contributed by atoms with E-state index in [9.17, 15) is 22.8 Å². The van der Waals surface area contributed by atoms with Crippen LogP contribution < -0.4 is 14.8 Å². The molecule has 0 unspecified atom stereocenters. The maximum Gasteiger partial charge on any atom is 0.573 e. The van der Waals surface area contributed by atoms with E-state index in [2.05, 4.69) is 10.1 Å². The lowest BCUT2D eigenvalue weighted by molar-refractivity contribution is -0.274. The van der Waals surface area contributed by atoms with E-state index in [0.29, 0.717) is 50.8 Å². The van der Waals surface area contributed by atoms with E-state index in [4.69, 9.17) is 26.5 Å². The van der Waals surface area contributed by atoms with Gasteiger partial charge in [0.25, 0.3) is 5.91 Å². The number of carboxylic acids is 1. The molecule has 47 heavy (non-hydrogen) atoms. The third-order valence-corrected chi connectivity index (χ3v) is 7.64. The Morgan fingerprint density at radius 2 is 1.72 bits per heavy atom. The van der Waals surface area contributed by atoms with Crippen LogP contribution in [0.2, 0.25) is 5.02 Å².